The number of hydrogen-bond donors (Lipinski definition) is 1. The molecule has 5 nitrogen and oxygen atoms in total. The van der Waals surface area contributed by atoms with Gasteiger partial charge in [-0.25, -0.2) is 4.98 Å². The van der Waals surface area contributed by atoms with E-state index in [1.807, 2.05) is 4.90 Å². The highest BCUT2D eigenvalue weighted by atomic mass is 19.4. The van der Waals surface area contributed by atoms with Crippen molar-refractivity contribution in [2.75, 3.05) is 24.5 Å². The number of carbonyl (C=O) groups excluding carboxylic acids is 1. The summed E-state index contributed by atoms with van der Waals surface area (Å²) in [5, 5.41) is 3.40. The minimum atomic E-state index is -4.67. The fraction of sp³-hybridized carbons (Fsp3) is 0.450. The van der Waals surface area contributed by atoms with E-state index in [9.17, 15) is 18.0 Å². The Morgan fingerprint density at radius 2 is 2.14 bits per heavy atom. The molecular weight excluding hydrogens is 369 g/mol. The molecule has 3 heterocycles. The minimum absolute atomic E-state index is 0. The van der Waals surface area contributed by atoms with Crippen LogP contribution in [0, 0.1) is 6.92 Å². The van der Waals surface area contributed by atoms with Crippen molar-refractivity contribution in [2.45, 2.75) is 38.9 Å². The molecule has 1 aliphatic heterocycles. The first-order chi connectivity index (χ1) is 13.3. The number of carbonyl (C=O) groups is 1. The quantitative estimate of drug-likeness (QED) is 0.771. The average Bonchev–Trinajstić information content (AvgIpc) is 2.67. The molecule has 0 saturated carbocycles. The van der Waals surface area contributed by atoms with Crippen LogP contribution in [0.3, 0.4) is 0 Å². The fourth-order valence-electron chi connectivity index (χ4n) is 3.45. The molecule has 8 heteroatoms. The van der Waals surface area contributed by atoms with Crippen molar-refractivity contribution >= 4 is 11.6 Å². The highest BCUT2D eigenvalue weighted by Crippen LogP contribution is 2.34. The number of aryl methyl sites for hydroxylation is 1. The number of hydrogen-bond acceptors (Lipinski definition) is 5. The minimum Gasteiger partial charge on any atom is -0.354 e. The van der Waals surface area contributed by atoms with Gasteiger partial charge in [0, 0.05) is 46.0 Å². The Balaban J connectivity index is 0.00000225. The van der Waals surface area contributed by atoms with Crippen molar-refractivity contribution in [1.29, 1.82) is 0 Å². The van der Waals surface area contributed by atoms with Crippen LogP contribution in [0.1, 0.15) is 49.9 Å². The molecule has 1 N–H and O–H groups in total. The second-order valence-corrected chi connectivity index (χ2v) is 6.91. The van der Waals surface area contributed by atoms with Gasteiger partial charge in [-0.05, 0) is 37.6 Å². The standard InChI is InChI=1S/C20H23F3N4O.2H2/c1-3-5-14-12-27(11-10-25-14)17-8-7-16(20(21,22)23)18(26-17)19(28)15-6-4-9-24-13(15)2;;/h4,6-9,14,25H,3,5,10-12H2,1-2H3;2*1H. The fourth-order valence-corrected chi connectivity index (χ4v) is 3.45. The van der Waals surface area contributed by atoms with Crippen LogP contribution in [-0.4, -0.2) is 41.4 Å². The predicted octanol–water partition coefficient (Wildman–Crippen LogP) is 4.11. The number of ketones is 1. The van der Waals surface area contributed by atoms with Crippen molar-refractivity contribution in [1.82, 2.24) is 15.3 Å². The molecule has 1 aliphatic rings. The van der Waals surface area contributed by atoms with Crippen LogP contribution in [0.5, 0.6) is 0 Å². The van der Waals surface area contributed by atoms with E-state index in [4.69, 9.17) is 0 Å². The first-order valence-electron chi connectivity index (χ1n) is 9.34. The highest BCUT2D eigenvalue weighted by molar-refractivity contribution is 6.09. The van der Waals surface area contributed by atoms with Gasteiger partial charge in [-0.3, -0.25) is 9.78 Å². The van der Waals surface area contributed by atoms with E-state index in [-0.39, 0.29) is 14.5 Å². The van der Waals surface area contributed by atoms with Gasteiger partial charge in [-0.2, -0.15) is 13.2 Å². The molecule has 1 atom stereocenters. The molecule has 3 rings (SSSR count). The maximum absolute atomic E-state index is 13.5. The second-order valence-electron chi connectivity index (χ2n) is 6.91. The van der Waals surface area contributed by atoms with Crippen molar-refractivity contribution in [2.24, 2.45) is 0 Å². The lowest BCUT2D eigenvalue weighted by atomic mass is 10.0. The molecule has 1 saturated heterocycles. The van der Waals surface area contributed by atoms with E-state index in [2.05, 4.69) is 22.2 Å². The number of pyridine rings is 2. The Hall–Kier alpha value is -2.48. The van der Waals surface area contributed by atoms with Gasteiger partial charge in [0.2, 0.25) is 5.78 Å². The molecule has 2 aromatic heterocycles. The summed E-state index contributed by atoms with van der Waals surface area (Å²) >= 11 is 0. The first-order valence-corrected chi connectivity index (χ1v) is 9.34. The molecule has 1 unspecified atom stereocenters. The normalized spacial score (nSPS) is 17.6. The van der Waals surface area contributed by atoms with E-state index in [1.165, 1.54) is 24.4 Å². The van der Waals surface area contributed by atoms with E-state index >= 15 is 0 Å². The van der Waals surface area contributed by atoms with E-state index in [1.54, 1.807) is 6.92 Å². The molecule has 1 fully saturated rings. The largest absolute Gasteiger partial charge is 0.418 e. The van der Waals surface area contributed by atoms with Crippen molar-refractivity contribution in [3.63, 3.8) is 0 Å². The lowest BCUT2D eigenvalue weighted by Gasteiger charge is -2.34. The van der Waals surface area contributed by atoms with Gasteiger partial charge in [0.05, 0.1) is 5.56 Å². The second kappa shape index (κ2) is 8.26. The van der Waals surface area contributed by atoms with Gasteiger partial charge in [0.1, 0.15) is 11.5 Å². The molecular formula is C20H27F3N4O. The zero-order chi connectivity index (χ0) is 20.3. The molecule has 0 radical (unpaired) electrons. The molecule has 2 aromatic rings. The summed E-state index contributed by atoms with van der Waals surface area (Å²) in [6.07, 6.45) is -1.19. The van der Waals surface area contributed by atoms with E-state index in [0.717, 1.165) is 25.5 Å². The van der Waals surface area contributed by atoms with Crippen molar-refractivity contribution < 1.29 is 20.8 Å². The summed E-state index contributed by atoms with van der Waals surface area (Å²) in [4.78, 5) is 23.0. The number of aromatic nitrogens is 2. The monoisotopic (exact) mass is 396 g/mol. The maximum Gasteiger partial charge on any atom is 0.418 e. The number of alkyl halides is 3. The van der Waals surface area contributed by atoms with Gasteiger partial charge >= 0.3 is 6.18 Å². The van der Waals surface area contributed by atoms with E-state index < -0.39 is 23.2 Å². The lowest BCUT2D eigenvalue weighted by molar-refractivity contribution is -0.138. The predicted molar refractivity (Wildman–Crippen MR) is 105 cm³/mol. The summed E-state index contributed by atoms with van der Waals surface area (Å²) in [5.41, 5.74) is -1.10. The number of rotatable bonds is 5. The molecule has 0 aliphatic carbocycles. The SMILES string of the molecule is CCCC1CN(c2ccc(C(F)(F)F)c(C(=O)c3cccnc3C)n2)CCN1.[HH].[HH]. The Labute approximate surface area is 165 Å². The zero-order valence-corrected chi connectivity index (χ0v) is 15.9. The third-order valence-electron chi connectivity index (χ3n) is 4.87. The summed E-state index contributed by atoms with van der Waals surface area (Å²) < 4.78 is 40.6. The van der Waals surface area contributed by atoms with Crippen LogP contribution < -0.4 is 10.2 Å². The van der Waals surface area contributed by atoms with Crippen LogP contribution >= 0.6 is 0 Å². The van der Waals surface area contributed by atoms with Crippen molar-refractivity contribution in [3.05, 3.63) is 53.0 Å². The summed E-state index contributed by atoms with van der Waals surface area (Å²) in [6.45, 7) is 5.67. The van der Waals surface area contributed by atoms with Gasteiger partial charge < -0.3 is 10.2 Å². The number of piperazine rings is 1. The van der Waals surface area contributed by atoms with Gasteiger partial charge in [-0.15, -0.1) is 0 Å². The molecule has 154 valence electrons. The molecule has 0 bridgehead atoms. The molecule has 28 heavy (non-hydrogen) atoms. The number of nitrogens with one attached hydrogen (secondary N) is 1. The van der Waals surface area contributed by atoms with E-state index in [0.29, 0.717) is 24.6 Å². The van der Waals surface area contributed by atoms with Gasteiger partial charge in [0.15, 0.2) is 0 Å². The Morgan fingerprint density at radius 1 is 1.36 bits per heavy atom. The van der Waals surface area contributed by atoms with Gasteiger partial charge in [0.25, 0.3) is 0 Å². The molecule has 0 spiro atoms. The molecule has 0 aromatic carbocycles. The summed E-state index contributed by atoms with van der Waals surface area (Å²) in [5.74, 6) is -0.375. The van der Waals surface area contributed by atoms with Crippen LogP contribution in [0.15, 0.2) is 30.5 Å². The maximum atomic E-state index is 13.5. The first kappa shape index (κ1) is 20.3. The van der Waals surface area contributed by atoms with Gasteiger partial charge in [-0.1, -0.05) is 13.3 Å². The smallest absolute Gasteiger partial charge is 0.354 e. The van der Waals surface area contributed by atoms with Crippen LogP contribution in [0.25, 0.3) is 0 Å². The summed E-state index contributed by atoms with van der Waals surface area (Å²) in [7, 11) is 0. The Morgan fingerprint density at radius 3 is 2.82 bits per heavy atom. The van der Waals surface area contributed by atoms with Crippen LogP contribution in [0.4, 0.5) is 19.0 Å². The number of anilines is 1. The Bertz CT molecular complexity index is 862. The topological polar surface area (TPSA) is 58.1 Å². The van der Waals surface area contributed by atoms with Crippen LogP contribution in [0.2, 0.25) is 0 Å². The Kier molecular flexibility index (Phi) is 5.98. The lowest BCUT2D eigenvalue weighted by Crippen LogP contribution is -2.51. The third kappa shape index (κ3) is 4.32. The van der Waals surface area contributed by atoms with Crippen molar-refractivity contribution in [3.8, 4) is 0 Å². The average molecular weight is 396 g/mol. The van der Waals surface area contributed by atoms with Crippen LogP contribution in [-0.2, 0) is 6.18 Å². The highest BCUT2D eigenvalue weighted by Gasteiger charge is 2.37. The summed E-state index contributed by atoms with van der Waals surface area (Å²) in [6, 6.07) is 5.56. The zero-order valence-electron chi connectivity index (χ0n) is 15.9. The molecule has 0 amide bonds. The third-order valence-corrected chi connectivity index (χ3v) is 4.87. The number of halogens is 3. The number of nitrogens with zero attached hydrogens (tertiary/aromatic N) is 3.